The molecule has 1 saturated carbocycles. The quantitative estimate of drug-likeness (QED) is 0.813. The second-order valence-electron chi connectivity index (χ2n) is 7.70. The summed E-state index contributed by atoms with van der Waals surface area (Å²) < 4.78 is 0. The zero-order chi connectivity index (χ0) is 16.9. The number of benzene rings is 1. The van der Waals surface area contributed by atoms with Gasteiger partial charge in [-0.25, -0.2) is 0 Å². The first kappa shape index (κ1) is 18.0. The van der Waals surface area contributed by atoms with Gasteiger partial charge in [0.15, 0.2) is 0 Å². The van der Waals surface area contributed by atoms with E-state index < -0.39 is 5.60 Å². The van der Waals surface area contributed by atoms with Crippen LogP contribution in [0.15, 0.2) is 30.3 Å². The monoisotopic (exact) mass is 318 g/mol. The molecule has 2 rings (SSSR count). The molecule has 0 aliphatic heterocycles. The molecule has 0 unspecified atom stereocenters. The summed E-state index contributed by atoms with van der Waals surface area (Å²) in [5.41, 5.74) is 0.156. The average molecular weight is 318 g/mol. The van der Waals surface area contributed by atoms with E-state index in [1.807, 2.05) is 32.0 Å². The molecule has 23 heavy (non-hydrogen) atoms. The number of aliphatic hydroxyl groups is 1. The molecule has 4 nitrogen and oxygen atoms in total. The highest BCUT2D eigenvalue weighted by Gasteiger charge is 2.34. The normalized spacial score (nSPS) is 17.4. The Labute approximate surface area is 139 Å². The Kier molecular flexibility index (Phi) is 5.82. The number of amides is 1. The van der Waals surface area contributed by atoms with Gasteiger partial charge in [-0.2, -0.15) is 0 Å². The maximum atomic E-state index is 12.3. The van der Waals surface area contributed by atoms with Gasteiger partial charge in [0.05, 0.1) is 12.0 Å². The molecule has 1 aliphatic rings. The molecule has 0 bridgehead atoms. The van der Waals surface area contributed by atoms with Crippen molar-refractivity contribution in [2.45, 2.75) is 63.6 Å². The number of likely N-dealkylation sites (N-methyl/N-ethyl adjacent to an activating group) is 1. The minimum Gasteiger partial charge on any atom is -0.389 e. The van der Waals surface area contributed by atoms with Crippen molar-refractivity contribution >= 4 is 5.91 Å². The van der Waals surface area contributed by atoms with Crippen LogP contribution < -0.4 is 5.32 Å². The van der Waals surface area contributed by atoms with Gasteiger partial charge in [0.25, 0.3) is 0 Å². The highest BCUT2D eigenvalue weighted by Crippen LogP contribution is 2.32. The first-order valence-electron chi connectivity index (χ1n) is 8.54. The molecule has 0 heterocycles. The molecular formula is C19H30N2O2. The molecule has 1 amide bonds. The van der Waals surface area contributed by atoms with Crippen molar-refractivity contribution in [1.29, 1.82) is 0 Å². The molecule has 1 fully saturated rings. The van der Waals surface area contributed by atoms with E-state index in [2.05, 4.69) is 29.4 Å². The fraction of sp³-hybridized carbons (Fsp3) is 0.632. The van der Waals surface area contributed by atoms with E-state index in [0.29, 0.717) is 0 Å². The number of carbonyl (C=O) groups is 1. The second-order valence-corrected chi connectivity index (χ2v) is 7.70. The first-order chi connectivity index (χ1) is 10.8. The summed E-state index contributed by atoms with van der Waals surface area (Å²) in [7, 11) is 2.06. The third-order valence-corrected chi connectivity index (χ3v) is 4.46. The van der Waals surface area contributed by atoms with E-state index in [-0.39, 0.29) is 17.9 Å². The lowest BCUT2D eigenvalue weighted by Crippen LogP contribution is -2.51. The van der Waals surface area contributed by atoms with Crippen molar-refractivity contribution in [3.63, 3.8) is 0 Å². The van der Waals surface area contributed by atoms with Crippen molar-refractivity contribution in [1.82, 2.24) is 10.2 Å². The van der Waals surface area contributed by atoms with E-state index >= 15 is 0 Å². The summed E-state index contributed by atoms with van der Waals surface area (Å²) in [4.78, 5) is 14.5. The van der Waals surface area contributed by atoms with Crippen molar-refractivity contribution in [3.8, 4) is 0 Å². The Hall–Kier alpha value is -1.39. The van der Waals surface area contributed by atoms with Crippen LogP contribution in [0.1, 0.15) is 51.5 Å². The van der Waals surface area contributed by atoms with Crippen LogP contribution in [0.5, 0.6) is 0 Å². The van der Waals surface area contributed by atoms with Gasteiger partial charge < -0.3 is 10.4 Å². The molecule has 0 radical (unpaired) electrons. The van der Waals surface area contributed by atoms with Gasteiger partial charge in [-0.3, -0.25) is 9.69 Å². The highest BCUT2D eigenvalue weighted by atomic mass is 16.3. The van der Waals surface area contributed by atoms with E-state index in [1.54, 1.807) is 0 Å². The number of nitrogens with one attached hydrogen (secondary N) is 1. The second kappa shape index (κ2) is 7.45. The predicted molar refractivity (Wildman–Crippen MR) is 93.0 cm³/mol. The van der Waals surface area contributed by atoms with Crippen LogP contribution in [0, 0.1) is 0 Å². The summed E-state index contributed by atoms with van der Waals surface area (Å²) in [5.74, 6) is -0.0486. The van der Waals surface area contributed by atoms with E-state index in [0.717, 1.165) is 38.8 Å². The molecule has 1 aromatic rings. The smallest absolute Gasteiger partial charge is 0.223 e. The Bertz CT molecular complexity index is 507. The van der Waals surface area contributed by atoms with Gasteiger partial charge in [-0.05, 0) is 39.3 Å². The lowest BCUT2D eigenvalue weighted by Gasteiger charge is -2.32. The van der Waals surface area contributed by atoms with Crippen LogP contribution in [0.25, 0.3) is 0 Å². The van der Waals surface area contributed by atoms with E-state index in [1.165, 1.54) is 5.56 Å². The van der Waals surface area contributed by atoms with Crippen LogP contribution >= 0.6 is 0 Å². The third-order valence-electron chi connectivity index (χ3n) is 4.46. The average Bonchev–Trinajstić information content (AvgIpc) is 2.84. The number of nitrogens with zero attached hydrogens (tertiary/aromatic N) is 1. The summed E-state index contributed by atoms with van der Waals surface area (Å²) >= 11 is 0. The standard InChI is InChI=1S/C19H30N2O2/c1-18(2,15-21(3)14-16-9-5-4-6-10-16)20-17(22)13-19(23)11-7-8-12-19/h4-6,9-10,23H,7-8,11-15H2,1-3H3,(H,20,22). The molecule has 2 N–H and O–H groups in total. The zero-order valence-corrected chi connectivity index (χ0v) is 14.6. The molecule has 0 atom stereocenters. The number of hydrogen-bond donors (Lipinski definition) is 2. The predicted octanol–water partition coefficient (Wildman–Crippen LogP) is 2.71. The van der Waals surface area contributed by atoms with Gasteiger partial charge in [-0.15, -0.1) is 0 Å². The SMILES string of the molecule is CN(Cc1ccccc1)CC(C)(C)NC(=O)CC1(O)CCCC1. The van der Waals surface area contributed by atoms with Crippen LogP contribution in [0.3, 0.4) is 0 Å². The minimum atomic E-state index is -0.782. The highest BCUT2D eigenvalue weighted by molar-refractivity contribution is 5.77. The van der Waals surface area contributed by atoms with Gasteiger partial charge in [0.2, 0.25) is 5.91 Å². The third kappa shape index (κ3) is 5.96. The maximum Gasteiger partial charge on any atom is 0.223 e. The number of carbonyl (C=O) groups excluding carboxylic acids is 1. The molecule has 0 saturated heterocycles. The van der Waals surface area contributed by atoms with Crippen molar-refractivity contribution in [3.05, 3.63) is 35.9 Å². The van der Waals surface area contributed by atoms with Gasteiger partial charge in [0.1, 0.15) is 0 Å². The van der Waals surface area contributed by atoms with E-state index in [4.69, 9.17) is 0 Å². The molecule has 4 heteroatoms. The molecular weight excluding hydrogens is 288 g/mol. The van der Waals surface area contributed by atoms with Crippen LogP contribution in [0.4, 0.5) is 0 Å². The van der Waals surface area contributed by atoms with Crippen molar-refractivity contribution < 1.29 is 9.90 Å². The fourth-order valence-corrected chi connectivity index (χ4v) is 3.60. The summed E-state index contributed by atoms with van der Waals surface area (Å²) in [6.07, 6.45) is 3.75. The summed E-state index contributed by atoms with van der Waals surface area (Å²) in [5, 5.41) is 13.4. The van der Waals surface area contributed by atoms with Gasteiger partial charge >= 0.3 is 0 Å². The van der Waals surface area contributed by atoms with Crippen LogP contribution in [-0.2, 0) is 11.3 Å². The lowest BCUT2D eigenvalue weighted by molar-refractivity contribution is -0.127. The Balaban J connectivity index is 1.82. The molecule has 1 aromatic carbocycles. The maximum absolute atomic E-state index is 12.3. The largest absolute Gasteiger partial charge is 0.389 e. The Morgan fingerprint density at radius 2 is 1.87 bits per heavy atom. The van der Waals surface area contributed by atoms with Crippen LogP contribution in [0.2, 0.25) is 0 Å². The number of hydrogen-bond acceptors (Lipinski definition) is 3. The molecule has 0 aromatic heterocycles. The van der Waals surface area contributed by atoms with E-state index in [9.17, 15) is 9.90 Å². The first-order valence-corrected chi connectivity index (χ1v) is 8.54. The lowest BCUT2D eigenvalue weighted by atomic mass is 9.96. The minimum absolute atomic E-state index is 0.0486. The van der Waals surface area contributed by atoms with Crippen molar-refractivity contribution in [2.24, 2.45) is 0 Å². The Morgan fingerprint density at radius 1 is 1.26 bits per heavy atom. The Morgan fingerprint density at radius 3 is 2.48 bits per heavy atom. The zero-order valence-electron chi connectivity index (χ0n) is 14.6. The molecule has 0 spiro atoms. The molecule has 128 valence electrons. The summed E-state index contributed by atoms with van der Waals surface area (Å²) in [6, 6.07) is 10.3. The number of rotatable bonds is 7. The summed E-state index contributed by atoms with van der Waals surface area (Å²) in [6.45, 7) is 5.67. The fourth-order valence-electron chi connectivity index (χ4n) is 3.60. The topological polar surface area (TPSA) is 52.6 Å². The van der Waals surface area contributed by atoms with Gasteiger partial charge in [-0.1, -0.05) is 43.2 Å². The van der Waals surface area contributed by atoms with Crippen molar-refractivity contribution in [2.75, 3.05) is 13.6 Å². The van der Waals surface area contributed by atoms with Crippen LogP contribution in [-0.4, -0.2) is 40.6 Å². The molecule has 1 aliphatic carbocycles. The van der Waals surface area contributed by atoms with Gasteiger partial charge in [0, 0.05) is 18.6 Å².